The highest BCUT2D eigenvalue weighted by molar-refractivity contribution is 9.10. The lowest BCUT2D eigenvalue weighted by molar-refractivity contribution is -0.117. The molecule has 1 rings (SSSR count). The van der Waals surface area contributed by atoms with Crippen molar-refractivity contribution in [2.45, 2.75) is 4.32 Å². The van der Waals surface area contributed by atoms with Crippen LogP contribution in [0.15, 0.2) is 4.74 Å². The zero-order valence-corrected chi connectivity index (χ0v) is 9.63. The Kier molecular flexibility index (Phi) is 2.93. The molecule has 1 unspecified atom stereocenters. The van der Waals surface area contributed by atoms with Gasteiger partial charge in [0.15, 0.2) is 0 Å². The summed E-state index contributed by atoms with van der Waals surface area (Å²) in [4.78, 5) is 11.3. The topological polar surface area (TPSA) is 71.7 Å². The smallest absolute Gasteiger partial charge is 0.280 e. The number of nitrogens with zero attached hydrogens (tertiary/aromatic N) is 2. The van der Waals surface area contributed by atoms with Crippen molar-refractivity contribution in [3.8, 4) is 6.07 Å². The van der Waals surface area contributed by atoms with Gasteiger partial charge in [0.1, 0.15) is 0 Å². The van der Waals surface area contributed by atoms with E-state index >= 15 is 0 Å². The highest BCUT2D eigenvalue weighted by atomic mass is 79.9. The number of hydrogen-bond acceptors (Lipinski definition) is 4. The van der Waals surface area contributed by atoms with Gasteiger partial charge in [-0.05, 0) is 0 Å². The Hall–Kier alpha value is -0.210. The van der Waals surface area contributed by atoms with Crippen LogP contribution in [0.4, 0.5) is 0 Å². The molecule has 1 aliphatic rings. The van der Waals surface area contributed by atoms with Crippen molar-refractivity contribution in [2.75, 3.05) is 20.4 Å². The summed E-state index contributed by atoms with van der Waals surface area (Å²) in [5.74, 6) is -0.521. The van der Waals surface area contributed by atoms with Crippen molar-refractivity contribution in [1.82, 2.24) is 0 Å². The van der Waals surface area contributed by atoms with E-state index in [4.69, 9.17) is 14.3 Å². The molecule has 1 heterocycles. The van der Waals surface area contributed by atoms with Gasteiger partial charge in [-0.15, -0.1) is 0 Å². The predicted molar refractivity (Wildman–Crippen MR) is 50.5 cm³/mol. The molecule has 0 spiro atoms. The van der Waals surface area contributed by atoms with E-state index in [9.17, 15) is 4.79 Å². The molecule has 0 saturated heterocycles. The molecule has 5 nitrogen and oxygen atoms in total. The molecule has 13 heavy (non-hydrogen) atoms. The van der Waals surface area contributed by atoms with Crippen LogP contribution in [0.1, 0.15) is 0 Å². The molecule has 1 atom stereocenters. The van der Waals surface area contributed by atoms with Crippen LogP contribution in [0.2, 0.25) is 0 Å². The van der Waals surface area contributed by atoms with Gasteiger partial charge in [-0.1, -0.05) is 15.9 Å². The molecule has 0 bridgehead atoms. The monoisotopic (exact) mass is 266 g/mol. The maximum Gasteiger partial charge on any atom is 0.280 e. The summed E-state index contributed by atoms with van der Waals surface area (Å²) >= 11 is 3.03. The maximum atomic E-state index is 11.3. The van der Waals surface area contributed by atoms with E-state index in [1.807, 2.05) is 6.07 Å². The number of carbonyl (C=O) groups excluding carboxylic acids is 1. The van der Waals surface area contributed by atoms with Gasteiger partial charge in [0.05, 0.1) is 12.2 Å². The standard InChI is InChI=1S/C6H8BrN2O3P/c1-11-13(12-2)4-6(7,3-8)5(10)9-13/h4H2,1-2H3. The van der Waals surface area contributed by atoms with Gasteiger partial charge in [-0.3, -0.25) is 4.79 Å². The van der Waals surface area contributed by atoms with Gasteiger partial charge in [0.25, 0.3) is 5.91 Å². The minimum Gasteiger partial charge on any atom is -0.327 e. The number of alkyl halides is 1. The lowest BCUT2D eigenvalue weighted by atomic mass is 10.2. The fraction of sp³-hybridized carbons (Fsp3) is 0.667. The Morgan fingerprint density at radius 2 is 2.23 bits per heavy atom. The molecule has 0 aromatic rings. The van der Waals surface area contributed by atoms with Crippen LogP contribution in [-0.2, 0) is 13.8 Å². The molecule has 1 aliphatic heterocycles. The third kappa shape index (κ3) is 1.70. The number of hydrogen-bond donors (Lipinski definition) is 0. The predicted octanol–water partition coefficient (Wildman–Crippen LogP) is 1.51. The van der Waals surface area contributed by atoms with E-state index in [0.717, 1.165) is 0 Å². The molecule has 7 heteroatoms. The molecular weight excluding hydrogens is 259 g/mol. The fourth-order valence-corrected chi connectivity index (χ4v) is 3.99. The summed E-state index contributed by atoms with van der Waals surface area (Å²) in [6, 6.07) is 1.85. The Labute approximate surface area is 84.4 Å². The third-order valence-electron chi connectivity index (χ3n) is 1.75. The van der Waals surface area contributed by atoms with Crippen molar-refractivity contribution in [3.05, 3.63) is 0 Å². The first-order valence-corrected chi connectivity index (χ1v) is 5.95. The van der Waals surface area contributed by atoms with Crippen LogP contribution in [0.3, 0.4) is 0 Å². The van der Waals surface area contributed by atoms with E-state index in [1.54, 1.807) is 0 Å². The van der Waals surface area contributed by atoms with E-state index in [2.05, 4.69) is 20.7 Å². The highest BCUT2D eigenvalue weighted by Gasteiger charge is 2.49. The van der Waals surface area contributed by atoms with Crippen molar-refractivity contribution < 1.29 is 13.8 Å². The zero-order chi connectivity index (χ0) is 10.1. The molecular formula is C6H8BrN2O3P. The first kappa shape index (κ1) is 10.9. The van der Waals surface area contributed by atoms with Gasteiger partial charge in [-0.2, -0.15) is 10.0 Å². The average molecular weight is 267 g/mol. The summed E-state index contributed by atoms with van der Waals surface area (Å²) in [6.45, 7) is 0. The lowest BCUT2D eigenvalue weighted by Crippen LogP contribution is -2.27. The Morgan fingerprint density at radius 3 is 2.46 bits per heavy atom. The molecule has 0 aromatic heterocycles. The number of halogens is 1. The van der Waals surface area contributed by atoms with Crippen molar-refractivity contribution >= 4 is 29.3 Å². The van der Waals surface area contributed by atoms with Crippen LogP contribution in [0.25, 0.3) is 0 Å². The molecule has 72 valence electrons. The summed E-state index contributed by atoms with van der Waals surface area (Å²) < 4.78 is 12.6. The summed E-state index contributed by atoms with van der Waals surface area (Å²) in [7, 11) is 0.345. The number of nitriles is 1. The van der Waals surface area contributed by atoms with Crippen molar-refractivity contribution in [1.29, 1.82) is 5.26 Å². The van der Waals surface area contributed by atoms with Crippen LogP contribution in [0.5, 0.6) is 0 Å². The summed E-state index contributed by atoms with van der Waals surface area (Å²) in [5, 5.41) is 8.75. The van der Waals surface area contributed by atoms with Gasteiger partial charge < -0.3 is 9.05 Å². The first-order valence-electron chi connectivity index (χ1n) is 3.39. The van der Waals surface area contributed by atoms with Gasteiger partial charge in [0, 0.05) is 14.2 Å². The summed E-state index contributed by atoms with van der Waals surface area (Å²) in [5.41, 5.74) is 0. The molecule has 0 N–H and O–H groups in total. The van der Waals surface area contributed by atoms with Crippen molar-refractivity contribution in [2.24, 2.45) is 4.74 Å². The van der Waals surface area contributed by atoms with Crippen molar-refractivity contribution in [3.63, 3.8) is 0 Å². The normalized spacial score (nSPS) is 31.1. The number of amides is 1. The van der Waals surface area contributed by atoms with Crippen LogP contribution >= 0.6 is 23.4 Å². The molecule has 0 aromatic carbocycles. The van der Waals surface area contributed by atoms with E-state index in [0.29, 0.717) is 0 Å². The van der Waals surface area contributed by atoms with E-state index in [-0.39, 0.29) is 6.16 Å². The van der Waals surface area contributed by atoms with E-state index in [1.165, 1.54) is 14.2 Å². The van der Waals surface area contributed by atoms with Crippen LogP contribution in [-0.4, -0.2) is 30.6 Å². The Balaban J connectivity index is 3.07. The SMILES string of the molecule is COP1(OC)=NC(=O)C(Br)(C#N)C1. The Bertz CT molecular complexity index is 329. The minimum absolute atomic E-state index is 0.169. The second-order valence-electron chi connectivity index (χ2n) is 2.48. The average Bonchev–Trinajstić information content (AvgIpc) is 2.41. The highest BCUT2D eigenvalue weighted by Crippen LogP contribution is 2.59. The molecule has 0 aliphatic carbocycles. The molecule has 1 amide bonds. The molecule has 0 saturated carbocycles. The lowest BCUT2D eigenvalue weighted by Gasteiger charge is -2.16. The zero-order valence-electron chi connectivity index (χ0n) is 7.15. The molecule has 0 radical (unpaired) electrons. The first-order chi connectivity index (χ1) is 6.02. The van der Waals surface area contributed by atoms with E-state index < -0.39 is 17.7 Å². The minimum atomic E-state index is -2.50. The molecule has 0 fully saturated rings. The van der Waals surface area contributed by atoms with Crippen LogP contribution in [0, 0.1) is 11.3 Å². The van der Waals surface area contributed by atoms with Crippen LogP contribution < -0.4 is 0 Å². The Morgan fingerprint density at radius 1 is 1.69 bits per heavy atom. The summed E-state index contributed by atoms with van der Waals surface area (Å²) in [6.07, 6.45) is 0.169. The quantitative estimate of drug-likeness (QED) is 0.561. The maximum absolute atomic E-state index is 11.3. The fourth-order valence-electron chi connectivity index (χ4n) is 0.964. The second kappa shape index (κ2) is 3.50. The number of rotatable bonds is 2. The van der Waals surface area contributed by atoms with Gasteiger partial charge in [0.2, 0.25) is 11.8 Å². The largest absolute Gasteiger partial charge is 0.327 e. The number of carbonyl (C=O) groups is 1. The van der Waals surface area contributed by atoms with Gasteiger partial charge >= 0.3 is 0 Å². The third-order valence-corrected chi connectivity index (χ3v) is 5.48. The van der Waals surface area contributed by atoms with Gasteiger partial charge in [-0.25, -0.2) is 0 Å². The second-order valence-corrected chi connectivity index (χ2v) is 6.35.